The highest BCUT2D eigenvalue weighted by molar-refractivity contribution is 5.37. The van der Waals surface area contributed by atoms with Crippen LogP contribution in [0.2, 0.25) is 0 Å². The summed E-state index contributed by atoms with van der Waals surface area (Å²) in [6.45, 7) is -0.0163. The third-order valence-electron chi connectivity index (χ3n) is 1.79. The van der Waals surface area contributed by atoms with Crippen LogP contribution in [0.3, 0.4) is 0 Å². The van der Waals surface area contributed by atoms with Crippen molar-refractivity contribution in [2.45, 2.75) is 12.5 Å². The first-order chi connectivity index (χ1) is 6.13. The molecule has 0 aromatic heterocycles. The molecule has 0 aliphatic rings. The number of aliphatic hydroxyl groups is 1. The average Bonchev–Trinajstić information content (AvgIpc) is 2.03. The van der Waals surface area contributed by atoms with E-state index in [0.717, 1.165) is 0 Å². The van der Waals surface area contributed by atoms with Gasteiger partial charge in [-0.2, -0.15) is 0 Å². The predicted octanol–water partition coefficient (Wildman–Crippen LogP) is 0.480. The van der Waals surface area contributed by atoms with Gasteiger partial charge in [0.25, 0.3) is 0 Å². The van der Waals surface area contributed by atoms with Crippen molar-refractivity contribution in [2.24, 2.45) is 5.73 Å². The summed E-state index contributed by atoms with van der Waals surface area (Å²) >= 11 is 0. The highest BCUT2D eigenvalue weighted by Gasteiger charge is 2.07. The Labute approximate surface area is 76.2 Å². The topological polar surface area (TPSA) is 86.7 Å². The van der Waals surface area contributed by atoms with E-state index in [1.54, 1.807) is 0 Å². The summed E-state index contributed by atoms with van der Waals surface area (Å²) in [4.78, 5) is 0. The van der Waals surface area contributed by atoms with Crippen LogP contribution < -0.4 is 5.73 Å². The van der Waals surface area contributed by atoms with Crippen LogP contribution in [0.4, 0.5) is 0 Å². The van der Waals surface area contributed by atoms with Gasteiger partial charge in [0.15, 0.2) is 0 Å². The van der Waals surface area contributed by atoms with Gasteiger partial charge >= 0.3 is 0 Å². The fourth-order valence-electron chi connectivity index (χ4n) is 1.14. The summed E-state index contributed by atoms with van der Waals surface area (Å²) in [6, 6.07) is 3.82. The van der Waals surface area contributed by atoms with E-state index in [9.17, 15) is 0 Å². The normalized spacial score (nSPS) is 12.8. The molecule has 1 rings (SSSR count). The maximum atomic E-state index is 9.13. The zero-order chi connectivity index (χ0) is 9.84. The molecule has 5 N–H and O–H groups in total. The molecule has 13 heavy (non-hydrogen) atoms. The smallest absolute Gasteiger partial charge is 0.119 e. The molecule has 0 saturated heterocycles. The van der Waals surface area contributed by atoms with E-state index >= 15 is 0 Å². The Balaban J connectivity index is 2.87. The van der Waals surface area contributed by atoms with Crippen LogP contribution in [0.15, 0.2) is 18.2 Å². The van der Waals surface area contributed by atoms with Crippen LogP contribution in [-0.4, -0.2) is 21.9 Å². The second-order valence-electron chi connectivity index (χ2n) is 2.90. The van der Waals surface area contributed by atoms with Crippen LogP contribution in [0.1, 0.15) is 18.0 Å². The van der Waals surface area contributed by atoms with E-state index in [1.165, 1.54) is 18.2 Å². The molecule has 0 aliphatic heterocycles. The molecule has 0 spiro atoms. The number of phenolic OH excluding ortho intramolecular Hbond substituents is 2. The van der Waals surface area contributed by atoms with Crippen LogP contribution in [-0.2, 0) is 0 Å². The van der Waals surface area contributed by atoms with Crippen molar-refractivity contribution in [3.05, 3.63) is 23.8 Å². The highest BCUT2D eigenvalue weighted by Crippen LogP contribution is 2.24. The summed E-state index contributed by atoms with van der Waals surface area (Å²) in [5.74, 6) is -0.0493. The number of rotatable bonds is 3. The quantitative estimate of drug-likeness (QED) is 0.549. The zero-order valence-electron chi connectivity index (χ0n) is 7.14. The number of phenols is 2. The minimum atomic E-state index is -0.358. The summed E-state index contributed by atoms with van der Waals surface area (Å²) in [5.41, 5.74) is 6.28. The second-order valence-corrected chi connectivity index (χ2v) is 2.90. The molecular formula is C9H13NO3. The van der Waals surface area contributed by atoms with Gasteiger partial charge in [0, 0.05) is 18.7 Å². The number of hydrogen-bond donors (Lipinski definition) is 4. The first-order valence-electron chi connectivity index (χ1n) is 4.03. The SMILES string of the molecule is NC(CCO)c1cc(O)cc(O)c1. The minimum absolute atomic E-state index is 0.0163. The number of aromatic hydroxyl groups is 2. The molecular weight excluding hydrogens is 170 g/mol. The van der Waals surface area contributed by atoms with Gasteiger partial charge in [0.05, 0.1) is 0 Å². The van der Waals surface area contributed by atoms with Crippen molar-refractivity contribution < 1.29 is 15.3 Å². The maximum absolute atomic E-state index is 9.13. The van der Waals surface area contributed by atoms with Gasteiger partial charge in [-0.1, -0.05) is 0 Å². The van der Waals surface area contributed by atoms with E-state index in [4.69, 9.17) is 21.1 Å². The van der Waals surface area contributed by atoms with Crippen LogP contribution in [0, 0.1) is 0 Å². The number of benzene rings is 1. The number of aliphatic hydroxyl groups excluding tert-OH is 1. The van der Waals surface area contributed by atoms with E-state index in [2.05, 4.69) is 0 Å². The van der Waals surface area contributed by atoms with Crippen LogP contribution in [0.25, 0.3) is 0 Å². The second kappa shape index (κ2) is 4.11. The van der Waals surface area contributed by atoms with Gasteiger partial charge < -0.3 is 21.1 Å². The van der Waals surface area contributed by atoms with Gasteiger partial charge in [0.2, 0.25) is 0 Å². The molecule has 1 atom stereocenters. The van der Waals surface area contributed by atoms with E-state index in [-0.39, 0.29) is 24.1 Å². The maximum Gasteiger partial charge on any atom is 0.119 e. The van der Waals surface area contributed by atoms with Crippen molar-refractivity contribution in [2.75, 3.05) is 6.61 Å². The Hall–Kier alpha value is -1.26. The van der Waals surface area contributed by atoms with Crippen molar-refractivity contribution in [1.82, 2.24) is 0 Å². The van der Waals surface area contributed by atoms with Gasteiger partial charge in [-0.25, -0.2) is 0 Å². The third kappa shape index (κ3) is 2.61. The lowest BCUT2D eigenvalue weighted by Crippen LogP contribution is -2.11. The standard InChI is InChI=1S/C9H13NO3/c10-9(1-2-11)6-3-7(12)5-8(13)4-6/h3-5,9,11-13H,1-2,10H2. The largest absolute Gasteiger partial charge is 0.508 e. The summed E-state index contributed by atoms with van der Waals surface area (Å²) < 4.78 is 0. The third-order valence-corrected chi connectivity index (χ3v) is 1.79. The Morgan fingerprint density at radius 2 is 1.69 bits per heavy atom. The van der Waals surface area contributed by atoms with Crippen molar-refractivity contribution in [3.8, 4) is 11.5 Å². The fourth-order valence-corrected chi connectivity index (χ4v) is 1.14. The average molecular weight is 183 g/mol. The molecule has 1 aromatic rings. The Morgan fingerprint density at radius 3 is 2.15 bits per heavy atom. The summed E-state index contributed by atoms with van der Waals surface area (Å²) in [7, 11) is 0. The Bertz CT molecular complexity index is 268. The molecule has 1 aromatic carbocycles. The minimum Gasteiger partial charge on any atom is -0.508 e. The summed E-state index contributed by atoms with van der Waals surface area (Å²) in [5, 5.41) is 26.9. The monoisotopic (exact) mass is 183 g/mol. The summed E-state index contributed by atoms with van der Waals surface area (Å²) in [6.07, 6.45) is 0.406. The Morgan fingerprint density at radius 1 is 1.15 bits per heavy atom. The molecule has 0 radical (unpaired) electrons. The highest BCUT2D eigenvalue weighted by atomic mass is 16.3. The van der Waals surface area contributed by atoms with Crippen LogP contribution >= 0.6 is 0 Å². The van der Waals surface area contributed by atoms with E-state index in [1.807, 2.05) is 0 Å². The molecule has 0 bridgehead atoms. The first kappa shape index (κ1) is 9.83. The van der Waals surface area contributed by atoms with Crippen molar-refractivity contribution in [3.63, 3.8) is 0 Å². The zero-order valence-corrected chi connectivity index (χ0v) is 7.14. The van der Waals surface area contributed by atoms with Gasteiger partial charge in [0.1, 0.15) is 11.5 Å². The molecule has 0 heterocycles. The lowest BCUT2D eigenvalue weighted by molar-refractivity contribution is 0.276. The lowest BCUT2D eigenvalue weighted by atomic mass is 10.0. The fraction of sp³-hybridized carbons (Fsp3) is 0.333. The molecule has 0 amide bonds. The molecule has 4 heteroatoms. The molecule has 0 saturated carbocycles. The lowest BCUT2D eigenvalue weighted by Gasteiger charge is -2.10. The van der Waals surface area contributed by atoms with E-state index < -0.39 is 0 Å². The van der Waals surface area contributed by atoms with Crippen LogP contribution in [0.5, 0.6) is 11.5 Å². The molecule has 0 aliphatic carbocycles. The van der Waals surface area contributed by atoms with Crippen molar-refractivity contribution >= 4 is 0 Å². The predicted molar refractivity (Wildman–Crippen MR) is 48.4 cm³/mol. The molecule has 1 unspecified atom stereocenters. The molecule has 4 nitrogen and oxygen atoms in total. The number of hydrogen-bond acceptors (Lipinski definition) is 4. The Kier molecular flexibility index (Phi) is 3.11. The first-order valence-corrected chi connectivity index (χ1v) is 4.03. The van der Waals surface area contributed by atoms with E-state index in [0.29, 0.717) is 12.0 Å². The van der Waals surface area contributed by atoms with Crippen molar-refractivity contribution in [1.29, 1.82) is 0 Å². The molecule has 72 valence electrons. The van der Waals surface area contributed by atoms with Gasteiger partial charge in [-0.15, -0.1) is 0 Å². The molecule has 0 fully saturated rings. The van der Waals surface area contributed by atoms with Gasteiger partial charge in [-0.05, 0) is 24.1 Å². The van der Waals surface area contributed by atoms with Gasteiger partial charge in [-0.3, -0.25) is 0 Å². The number of nitrogens with two attached hydrogens (primary N) is 1.